The van der Waals surface area contributed by atoms with Gasteiger partial charge in [0.05, 0.1) is 0 Å². The first-order chi connectivity index (χ1) is 11.9. The summed E-state index contributed by atoms with van der Waals surface area (Å²) in [5.41, 5.74) is -2.04. The normalized spacial score (nSPS) is 15.8. The van der Waals surface area contributed by atoms with Gasteiger partial charge in [0.15, 0.2) is 0 Å². The fourth-order valence-electron chi connectivity index (χ4n) is 1.43. The monoisotopic (exact) mass is 642 g/mol. The Kier molecular flexibility index (Phi) is 12.0. The van der Waals surface area contributed by atoms with Gasteiger partial charge < -0.3 is 0 Å². The van der Waals surface area contributed by atoms with Crippen molar-refractivity contribution >= 4 is 54.6 Å². The van der Waals surface area contributed by atoms with Crippen LogP contribution >= 0.6 is 21.7 Å². The molecule has 0 aromatic rings. The summed E-state index contributed by atoms with van der Waals surface area (Å²) in [7, 11) is 13.2. The maximum atomic E-state index is 12.7. The molecule has 0 aliphatic carbocycles. The van der Waals surface area contributed by atoms with Crippen LogP contribution in [0.4, 0.5) is 0 Å². The van der Waals surface area contributed by atoms with Crippen LogP contribution in [0.25, 0.3) is 0 Å². The molecule has 0 heterocycles. The number of carbonyl (C=O) groups is 2. The zero-order chi connectivity index (χ0) is 20.6. The van der Waals surface area contributed by atoms with Crippen molar-refractivity contribution in [3.63, 3.8) is 0 Å². The molecular formula is C12H21B2I2N2O5P3-2. The molecule has 0 saturated carbocycles. The number of nitriles is 1. The van der Waals surface area contributed by atoms with Gasteiger partial charge in [-0.3, -0.25) is 0 Å². The fraction of sp³-hybridized carbons (Fsp3) is 0.583. The maximum absolute atomic E-state index is 12.7. The van der Waals surface area contributed by atoms with Crippen molar-refractivity contribution in [3.05, 3.63) is 5.57 Å². The van der Waals surface area contributed by atoms with Crippen molar-refractivity contribution in [2.24, 2.45) is 5.41 Å². The van der Waals surface area contributed by atoms with Crippen molar-refractivity contribution in [1.29, 1.82) is 10.7 Å². The molecule has 0 amide bonds. The van der Waals surface area contributed by atoms with Crippen LogP contribution in [0.5, 0.6) is 0 Å². The standard InChI is InChI=1S/C12H21B2I2N2O5P3/c1-15(2,25-13)22-10(19)9(6-17)5-12(7-18,8-21-24)11(20)23-16(3,4)26-14/h17,25-26H,5,8,24H2,1-4H3/q-2. The third kappa shape index (κ3) is 8.39. The molecule has 0 bridgehead atoms. The van der Waals surface area contributed by atoms with E-state index in [1.54, 1.807) is 19.7 Å². The van der Waals surface area contributed by atoms with Gasteiger partial charge in [-0.25, -0.2) is 0 Å². The van der Waals surface area contributed by atoms with E-state index in [0.717, 1.165) is 0 Å². The quantitative estimate of drug-likeness (QED) is 0.0640. The second kappa shape index (κ2) is 11.7. The number of hydrogen-bond donors (Lipinski definition) is 1. The topological polar surface area (TPSA) is 109 Å². The van der Waals surface area contributed by atoms with E-state index < -0.39 is 60.4 Å². The third-order valence-electron chi connectivity index (χ3n) is 2.86. The van der Waals surface area contributed by atoms with E-state index in [-0.39, 0.29) is 24.4 Å². The Balaban J connectivity index is 5.68. The Hall–Kier alpha value is 0.720. The molecule has 0 aromatic heterocycles. The Morgan fingerprint density at radius 3 is 2.08 bits per heavy atom. The van der Waals surface area contributed by atoms with Crippen molar-refractivity contribution in [2.45, 2.75) is 6.42 Å². The van der Waals surface area contributed by atoms with Gasteiger partial charge in [-0.05, 0) is 0 Å². The van der Waals surface area contributed by atoms with E-state index in [1.165, 1.54) is 0 Å². The molecule has 0 aromatic carbocycles. The summed E-state index contributed by atoms with van der Waals surface area (Å²) in [5, 5.41) is 17.0. The van der Waals surface area contributed by atoms with Crippen LogP contribution in [0, 0.1) is 22.2 Å². The molecule has 1 N–H and O–H groups in total. The minimum absolute atomic E-state index is 0.00812. The molecule has 7 nitrogen and oxygen atoms in total. The van der Waals surface area contributed by atoms with E-state index in [2.05, 4.69) is 0 Å². The fourth-order valence-corrected chi connectivity index (χ4v) is 6.19. The molecule has 146 valence electrons. The van der Waals surface area contributed by atoms with E-state index in [9.17, 15) is 14.9 Å². The Labute approximate surface area is 170 Å². The molecule has 14 heteroatoms. The summed E-state index contributed by atoms with van der Waals surface area (Å²) in [6, 6.07) is 1.88. The molecule has 4 atom stereocenters. The van der Waals surface area contributed by atoms with Gasteiger partial charge in [-0.15, -0.1) is 0 Å². The minimum atomic E-state index is -2.93. The molecule has 0 fully saturated rings. The first-order valence-electron chi connectivity index (χ1n) is 6.65. The number of rotatable bonds is 10. The number of alkyl halides is 4. The van der Waals surface area contributed by atoms with Crippen molar-refractivity contribution < 1.29 is 56.8 Å². The second-order valence-corrected chi connectivity index (χ2v) is 36.1. The number of halogens is 2. The molecule has 4 radical (unpaired) electrons. The first-order valence-corrected chi connectivity index (χ1v) is 25.9. The predicted octanol–water partition coefficient (Wildman–Crippen LogP) is -5.02. The second-order valence-electron chi connectivity index (χ2n) is 5.52. The predicted molar refractivity (Wildman–Crippen MR) is 104 cm³/mol. The summed E-state index contributed by atoms with van der Waals surface area (Å²) in [4.78, 5) is 32.2. The van der Waals surface area contributed by atoms with Crippen molar-refractivity contribution in [1.82, 2.24) is 0 Å². The summed E-state index contributed by atoms with van der Waals surface area (Å²) >= 11 is -5.79. The van der Waals surface area contributed by atoms with E-state index in [0.29, 0.717) is 0 Å². The van der Waals surface area contributed by atoms with E-state index in [1.807, 2.05) is 21.4 Å². The van der Waals surface area contributed by atoms with Gasteiger partial charge in [0.25, 0.3) is 0 Å². The van der Waals surface area contributed by atoms with Gasteiger partial charge in [0.1, 0.15) is 0 Å². The van der Waals surface area contributed by atoms with Gasteiger partial charge in [-0.2, -0.15) is 0 Å². The van der Waals surface area contributed by atoms with Crippen LogP contribution in [0.1, 0.15) is 6.42 Å². The average Bonchev–Trinajstić information content (AvgIpc) is 2.57. The Morgan fingerprint density at radius 1 is 1.19 bits per heavy atom. The van der Waals surface area contributed by atoms with Gasteiger partial charge in [0, 0.05) is 0 Å². The van der Waals surface area contributed by atoms with Crippen LogP contribution in [0.2, 0.25) is 0 Å². The number of nitrogens with one attached hydrogen (secondary N) is 1. The summed E-state index contributed by atoms with van der Waals surface area (Å²) < 4.78 is 15.8. The molecular weight excluding hydrogens is 620 g/mol. The zero-order valence-corrected chi connectivity index (χ0v) is 22.4. The third-order valence-corrected chi connectivity index (χ3v) is 17.1. The molecule has 0 spiro atoms. The molecule has 26 heavy (non-hydrogen) atoms. The number of hydrogen-bond acceptors (Lipinski definition) is 7. The number of nitrogens with zero attached hydrogens (tertiary/aromatic N) is 1. The molecule has 4 unspecified atom stereocenters. The summed E-state index contributed by atoms with van der Waals surface area (Å²) in [6.07, 6.45) is -0.448. The van der Waals surface area contributed by atoms with E-state index in [4.69, 9.17) is 31.2 Å². The molecule has 0 aliphatic rings. The van der Waals surface area contributed by atoms with Crippen LogP contribution in [0.15, 0.2) is 5.57 Å². The molecule has 0 rings (SSSR count). The summed E-state index contributed by atoms with van der Waals surface area (Å²) in [6.45, 7) is -0.334. The summed E-state index contributed by atoms with van der Waals surface area (Å²) in [5.74, 6) is 0.370. The first kappa shape index (κ1) is 26.7. The van der Waals surface area contributed by atoms with Crippen molar-refractivity contribution in [2.75, 3.05) is 26.3 Å². The van der Waals surface area contributed by atoms with E-state index >= 15 is 0 Å². The Morgan fingerprint density at radius 2 is 1.69 bits per heavy atom. The van der Waals surface area contributed by atoms with Crippen LogP contribution in [0.3, 0.4) is 0 Å². The van der Waals surface area contributed by atoms with Gasteiger partial charge in [-0.1, -0.05) is 0 Å². The average molecular weight is 642 g/mol. The molecule has 0 saturated heterocycles. The van der Waals surface area contributed by atoms with Crippen LogP contribution in [-0.2, 0) is 20.2 Å². The van der Waals surface area contributed by atoms with Gasteiger partial charge in [0.2, 0.25) is 0 Å². The molecule has 0 aliphatic heterocycles. The van der Waals surface area contributed by atoms with Crippen molar-refractivity contribution in [3.8, 4) is 6.07 Å². The van der Waals surface area contributed by atoms with Crippen LogP contribution in [-0.4, -0.2) is 59.3 Å². The SMILES string of the molecule is [B]P[I-](C)(C)OC(=O)C(=C=N)CC(C#N)(COP)C(=O)O[I-](C)(C)P[B]. The number of carbonyl (C=O) groups excluding carboxylic acids is 2. The van der Waals surface area contributed by atoms with Gasteiger partial charge >= 0.3 is 172 Å². The zero-order valence-electron chi connectivity index (χ0n) is 14.9. The van der Waals surface area contributed by atoms with Crippen LogP contribution < -0.4 is 36.6 Å². The Bertz CT molecular complexity index is 641.